The van der Waals surface area contributed by atoms with E-state index in [1.165, 1.54) is 6.07 Å². The van der Waals surface area contributed by atoms with Gasteiger partial charge in [0.05, 0.1) is 22.6 Å². The molecular formula is C19H25N5O4. The number of benzene rings is 1. The molecule has 1 aromatic carbocycles. The second-order valence-corrected chi connectivity index (χ2v) is 7.84. The number of carbonyl (C=O) groups is 1. The number of imidazole rings is 1. The zero-order valence-electron chi connectivity index (χ0n) is 16.6. The molecule has 1 saturated heterocycles. The van der Waals surface area contributed by atoms with Crippen LogP contribution < -0.4 is 4.90 Å². The van der Waals surface area contributed by atoms with Crippen molar-refractivity contribution >= 4 is 17.5 Å². The molecule has 28 heavy (non-hydrogen) atoms. The minimum Gasteiger partial charge on any atom is -0.444 e. The van der Waals surface area contributed by atoms with Gasteiger partial charge in [0, 0.05) is 50.2 Å². The van der Waals surface area contributed by atoms with Crippen LogP contribution in [0.2, 0.25) is 0 Å². The predicted molar refractivity (Wildman–Crippen MR) is 105 cm³/mol. The molecule has 0 radical (unpaired) electrons. The van der Waals surface area contributed by atoms with E-state index in [4.69, 9.17) is 4.74 Å². The maximum atomic E-state index is 12.2. The van der Waals surface area contributed by atoms with Gasteiger partial charge in [-0.2, -0.15) is 0 Å². The molecular weight excluding hydrogens is 362 g/mol. The number of non-ortho nitro benzene ring substituents is 1. The number of hydrogen-bond acceptors (Lipinski definition) is 6. The van der Waals surface area contributed by atoms with Crippen LogP contribution in [-0.4, -0.2) is 57.2 Å². The third kappa shape index (κ3) is 4.59. The van der Waals surface area contributed by atoms with Crippen molar-refractivity contribution in [3.05, 3.63) is 46.5 Å². The van der Waals surface area contributed by atoms with Gasteiger partial charge in [-0.1, -0.05) is 0 Å². The number of piperazine rings is 1. The van der Waals surface area contributed by atoms with E-state index in [-0.39, 0.29) is 11.8 Å². The van der Waals surface area contributed by atoms with Crippen molar-refractivity contribution < 1.29 is 14.5 Å². The van der Waals surface area contributed by atoms with Gasteiger partial charge in [0.1, 0.15) is 5.60 Å². The average molecular weight is 387 g/mol. The van der Waals surface area contributed by atoms with Crippen LogP contribution in [0.15, 0.2) is 30.7 Å². The molecule has 9 nitrogen and oxygen atoms in total. The highest BCUT2D eigenvalue weighted by molar-refractivity contribution is 5.69. The van der Waals surface area contributed by atoms with Gasteiger partial charge in [-0.05, 0) is 33.8 Å². The van der Waals surface area contributed by atoms with E-state index in [1.54, 1.807) is 21.9 Å². The van der Waals surface area contributed by atoms with Crippen LogP contribution in [0.1, 0.15) is 26.5 Å². The number of nitro benzene ring substituents is 1. The molecule has 0 atom stereocenters. The zero-order valence-corrected chi connectivity index (χ0v) is 16.6. The highest BCUT2D eigenvalue weighted by atomic mass is 16.6. The van der Waals surface area contributed by atoms with E-state index in [2.05, 4.69) is 4.98 Å². The van der Waals surface area contributed by atoms with E-state index in [0.717, 1.165) is 11.4 Å². The molecule has 0 spiro atoms. The van der Waals surface area contributed by atoms with Gasteiger partial charge in [0.15, 0.2) is 0 Å². The normalized spacial score (nSPS) is 14.9. The quantitative estimate of drug-likeness (QED) is 0.593. The van der Waals surface area contributed by atoms with Crippen LogP contribution in [0, 0.1) is 17.0 Å². The lowest BCUT2D eigenvalue weighted by molar-refractivity contribution is -0.384. The Kier molecular flexibility index (Phi) is 5.26. The Morgan fingerprint density at radius 3 is 2.32 bits per heavy atom. The number of carbonyl (C=O) groups excluding carboxylic acids is 1. The van der Waals surface area contributed by atoms with Crippen molar-refractivity contribution in [3.63, 3.8) is 0 Å². The molecule has 9 heteroatoms. The van der Waals surface area contributed by atoms with Gasteiger partial charge in [-0.25, -0.2) is 9.78 Å². The molecule has 150 valence electrons. The van der Waals surface area contributed by atoms with Crippen molar-refractivity contribution in [2.75, 3.05) is 31.1 Å². The summed E-state index contributed by atoms with van der Waals surface area (Å²) in [7, 11) is 0. The van der Waals surface area contributed by atoms with Crippen molar-refractivity contribution in [1.29, 1.82) is 0 Å². The second-order valence-electron chi connectivity index (χ2n) is 7.84. The lowest BCUT2D eigenvalue weighted by Gasteiger charge is -2.36. The number of rotatable bonds is 3. The Morgan fingerprint density at radius 2 is 1.79 bits per heavy atom. The first kappa shape index (κ1) is 19.7. The highest BCUT2D eigenvalue weighted by Gasteiger charge is 2.26. The Bertz CT molecular complexity index is 879. The molecule has 1 amide bonds. The summed E-state index contributed by atoms with van der Waals surface area (Å²) < 4.78 is 7.18. The van der Waals surface area contributed by atoms with Gasteiger partial charge in [-0.15, -0.1) is 0 Å². The standard InChI is InChI=1S/C19H25N5O4/c1-14-12-23(13-20-14)16-9-15(10-17(11-16)24(26)27)21-5-7-22(8-6-21)18(25)28-19(2,3)4/h9-13H,5-8H2,1-4H3. The minimum atomic E-state index is -0.536. The summed E-state index contributed by atoms with van der Waals surface area (Å²) in [4.78, 5) is 31.1. The molecule has 3 rings (SSSR count). The van der Waals surface area contributed by atoms with E-state index in [1.807, 2.05) is 44.9 Å². The van der Waals surface area contributed by atoms with Crippen LogP contribution in [0.4, 0.5) is 16.2 Å². The lowest BCUT2D eigenvalue weighted by Crippen LogP contribution is -2.50. The summed E-state index contributed by atoms with van der Waals surface area (Å²) in [5.74, 6) is 0. The molecule has 0 aliphatic carbocycles. The number of nitro groups is 1. The summed E-state index contributed by atoms with van der Waals surface area (Å²) in [5.41, 5.74) is 1.75. The van der Waals surface area contributed by atoms with Gasteiger partial charge < -0.3 is 19.1 Å². The van der Waals surface area contributed by atoms with Gasteiger partial charge in [0.25, 0.3) is 5.69 Å². The maximum Gasteiger partial charge on any atom is 0.410 e. The molecule has 0 unspecified atom stereocenters. The van der Waals surface area contributed by atoms with Crippen LogP contribution in [-0.2, 0) is 4.74 Å². The molecule has 1 aliphatic heterocycles. The molecule has 2 aromatic rings. The third-order valence-electron chi connectivity index (χ3n) is 4.40. The largest absolute Gasteiger partial charge is 0.444 e. The first-order valence-corrected chi connectivity index (χ1v) is 9.16. The summed E-state index contributed by atoms with van der Waals surface area (Å²) in [6, 6.07) is 5.00. The van der Waals surface area contributed by atoms with Crippen LogP contribution in [0.5, 0.6) is 0 Å². The first-order chi connectivity index (χ1) is 13.1. The van der Waals surface area contributed by atoms with Crippen LogP contribution in [0.3, 0.4) is 0 Å². The fraction of sp³-hybridized carbons (Fsp3) is 0.474. The number of aryl methyl sites for hydroxylation is 1. The van der Waals surface area contributed by atoms with Crippen LogP contribution in [0.25, 0.3) is 5.69 Å². The molecule has 1 fully saturated rings. The molecule has 2 heterocycles. The van der Waals surface area contributed by atoms with E-state index < -0.39 is 10.5 Å². The zero-order chi connectivity index (χ0) is 20.5. The summed E-state index contributed by atoms with van der Waals surface area (Å²) in [6.07, 6.45) is 3.13. The summed E-state index contributed by atoms with van der Waals surface area (Å²) in [5, 5.41) is 11.4. The minimum absolute atomic E-state index is 0.0217. The maximum absolute atomic E-state index is 12.2. The fourth-order valence-electron chi connectivity index (χ4n) is 3.05. The topological polar surface area (TPSA) is 93.7 Å². The smallest absolute Gasteiger partial charge is 0.410 e. The van der Waals surface area contributed by atoms with E-state index >= 15 is 0 Å². The third-order valence-corrected chi connectivity index (χ3v) is 4.40. The SMILES string of the molecule is Cc1cn(-c2cc(N3CCN(C(=O)OC(C)(C)C)CC3)cc([N+](=O)[O-])c2)cn1. The number of amides is 1. The summed E-state index contributed by atoms with van der Waals surface area (Å²) >= 11 is 0. The van der Waals surface area contributed by atoms with E-state index in [0.29, 0.717) is 31.9 Å². The van der Waals surface area contributed by atoms with Crippen LogP contribution >= 0.6 is 0 Å². The molecule has 0 bridgehead atoms. The van der Waals surface area contributed by atoms with Gasteiger partial charge in [-0.3, -0.25) is 10.1 Å². The average Bonchev–Trinajstić information content (AvgIpc) is 3.06. The van der Waals surface area contributed by atoms with Gasteiger partial charge in [0.2, 0.25) is 0 Å². The Hall–Kier alpha value is -3.10. The Labute approximate surface area is 163 Å². The molecule has 0 N–H and O–H groups in total. The van der Waals surface area contributed by atoms with Crippen molar-refractivity contribution in [2.24, 2.45) is 0 Å². The van der Waals surface area contributed by atoms with Crippen molar-refractivity contribution in [1.82, 2.24) is 14.5 Å². The lowest BCUT2D eigenvalue weighted by atomic mass is 10.2. The second kappa shape index (κ2) is 7.49. The van der Waals surface area contributed by atoms with E-state index in [9.17, 15) is 14.9 Å². The van der Waals surface area contributed by atoms with Gasteiger partial charge >= 0.3 is 6.09 Å². The summed E-state index contributed by atoms with van der Waals surface area (Å²) in [6.45, 7) is 9.52. The number of aromatic nitrogens is 2. The first-order valence-electron chi connectivity index (χ1n) is 9.16. The van der Waals surface area contributed by atoms with Crippen molar-refractivity contribution in [2.45, 2.75) is 33.3 Å². The predicted octanol–water partition coefficient (Wildman–Crippen LogP) is 3.15. The number of hydrogen-bond donors (Lipinski definition) is 0. The van der Waals surface area contributed by atoms with Crippen molar-refractivity contribution in [3.8, 4) is 5.69 Å². The monoisotopic (exact) mass is 387 g/mol. The molecule has 0 saturated carbocycles. The Morgan fingerprint density at radius 1 is 1.14 bits per heavy atom. The highest BCUT2D eigenvalue weighted by Crippen LogP contribution is 2.27. The fourth-order valence-corrected chi connectivity index (χ4v) is 3.05. The number of anilines is 1. The molecule has 1 aromatic heterocycles. The number of nitrogens with zero attached hydrogens (tertiary/aromatic N) is 5. The Balaban J connectivity index is 1.78. The number of ether oxygens (including phenoxy) is 1. The molecule has 1 aliphatic rings.